The van der Waals surface area contributed by atoms with Crippen LogP contribution < -0.4 is 0 Å². The topological polar surface area (TPSA) is 37.3 Å². The Bertz CT molecular complexity index is 107. The van der Waals surface area contributed by atoms with Crippen LogP contribution in [0.1, 0.15) is 19.8 Å². The van der Waals surface area contributed by atoms with Crippen molar-refractivity contribution in [1.82, 2.24) is 0 Å². The normalized spacial score (nSPS) is 12.7. The maximum Gasteiger partial charge on any atom is 0.158 e. The van der Waals surface area contributed by atoms with E-state index < -0.39 is 6.10 Å². The molecule has 1 unspecified atom stereocenters. The smallest absolute Gasteiger partial charge is 0.158 e. The van der Waals surface area contributed by atoms with Crippen LogP contribution in [0, 0.1) is 0 Å². The number of hydrogen-bond acceptors (Lipinski definition) is 2. The molecule has 2 nitrogen and oxygen atoms in total. The first kappa shape index (κ1) is 8.37. The summed E-state index contributed by atoms with van der Waals surface area (Å²) in [5.74, 6) is -0.170. The highest BCUT2D eigenvalue weighted by Gasteiger charge is 2.06. The van der Waals surface area contributed by atoms with Crippen LogP contribution in [0.25, 0.3) is 0 Å². The third kappa shape index (κ3) is 3.91. The van der Waals surface area contributed by atoms with Gasteiger partial charge in [0.15, 0.2) is 5.78 Å². The average Bonchev–Trinajstić information content (AvgIpc) is 1.82. The fourth-order valence-corrected chi connectivity index (χ4v) is 0.479. The predicted octanol–water partition coefficient (Wildman–Crippen LogP) is 0.903. The van der Waals surface area contributed by atoms with Crippen molar-refractivity contribution in [2.24, 2.45) is 0 Å². The number of rotatable bonds is 4. The number of carbonyl (C=O) groups excluding carboxylic acids is 1. The number of carbonyl (C=O) groups is 1. The van der Waals surface area contributed by atoms with Crippen molar-refractivity contribution in [3.63, 3.8) is 0 Å². The number of aliphatic hydroxyl groups excluding tert-OH is 1. The van der Waals surface area contributed by atoms with Crippen LogP contribution in [-0.4, -0.2) is 17.0 Å². The third-order valence-corrected chi connectivity index (χ3v) is 1.11. The summed E-state index contributed by atoms with van der Waals surface area (Å²) >= 11 is 0. The zero-order valence-electron chi connectivity index (χ0n) is 5.63. The van der Waals surface area contributed by atoms with E-state index in [-0.39, 0.29) is 5.78 Å². The molecule has 0 radical (unpaired) electrons. The molecule has 0 rings (SSSR count). The van der Waals surface area contributed by atoms with E-state index in [1.165, 1.54) is 6.92 Å². The van der Waals surface area contributed by atoms with E-state index in [2.05, 4.69) is 6.58 Å². The van der Waals surface area contributed by atoms with Crippen LogP contribution in [0.5, 0.6) is 0 Å². The van der Waals surface area contributed by atoms with E-state index in [4.69, 9.17) is 5.11 Å². The first-order valence-electron chi connectivity index (χ1n) is 2.98. The molecule has 1 N–H and O–H groups in total. The summed E-state index contributed by atoms with van der Waals surface area (Å²) in [6.07, 6.45) is 2.09. The summed E-state index contributed by atoms with van der Waals surface area (Å²) in [6, 6.07) is 0. The van der Waals surface area contributed by atoms with E-state index in [1.807, 2.05) is 0 Å². The third-order valence-electron chi connectivity index (χ3n) is 1.11. The Balaban J connectivity index is 3.37. The maximum absolute atomic E-state index is 10.4. The van der Waals surface area contributed by atoms with Gasteiger partial charge in [0.1, 0.15) is 6.10 Å². The molecule has 0 aliphatic rings. The molecule has 0 spiro atoms. The maximum atomic E-state index is 10.4. The average molecular weight is 128 g/mol. The Labute approximate surface area is 55.2 Å². The molecule has 0 aromatic rings. The summed E-state index contributed by atoms with van der Waals surface area (Å²) in [4.78, 5) is 10.4. The van der Waals surface area contributed by atoms with Crippen LogP contribution in [-0.2, 0) is 4.79 Å². The van der Waals surface area contributed by atoms with Crippen molar-refractivity contribution in [2.75, 3.05) is 0 Å². The molecule has 0 aromatic carbocycles. The van der Waals surface area contributed by atoms with Crippen LogP contribution >= 0.6 is 0 Å². The van der Waals surface area contributed by atoms with Crippen molar-refractivity contribution in [2.45, 2.75) is 25.9 Å². The van der Waals surface area contributed by atoms with Gasteiger partial charge >= 0.3 is 0 Å². The highest BCUT2D eigenvalue weighted by molar-refractivity contribution is 5.79. The van der Waals surface area contributed by atoms with Gasteiger partial charge in [-0.2, -0.15) is 0 Å². The minimum absolute atomic E-state index is 0.170. The highest BCUT2D eigenvalue weighted by Crippen LogP contribution is 1.97. The standard InChI is InChI=1S/C7H12O2/c1-3-4-5-7(9)6(2)8/h3,7,9H,1,4-5H2,2H3. The largest absolute Gasteiger partial charge is 0.385 e. The molecule has 52 valence electrons. The van der Waals surface area contributed by atoms with E-state index in [9.17, 15) is 4.79 Å². The number of Topliss-reactive ketones (excluding diaryl/α,β-unsaturated/α-hetero) is 1. The van der Waals surface area contributed by atoms with E-state index in [0.29, 0.717) is 12.8 Å². The second kappa shape index (κ2) is 4.27. The van der Waals surface area contributed by atoms with Crippen LogP contribution in [0.4, 0.5) is 0 Å². The van der Waals surface area contributed by atoms with Crippen molar-refractivity contribution in [3.05, 3.63) is 12.7 Å². The fourth-order valence-electron chi connectivity index (χ4n) is 0.479. The molecule has 0 aliphatic carbocycles. The van der Waals surface area contributed by atoms with Gasteiger partial charge in [0, 0.05) is 0 Å². The lowest BCUT2D eigenvalue weighted by Gasteiger charge is -2.01. The molecule has 1 atom stereocenters. The van der Waals surface area contributed by atoms with Crippen molar-refractivity contribution >= 4 is 5.78 Å². The molecule has 9 heavy (non-hydrogen) atoms. The fraction of sp³-hybridized carbons (Fsp3) is 0.571. The summed E-state index contributed by atoms with van der Waals surface area (Å²) in [6.45, 7) is 4.85. The van der Waals surface area contributed by atoms with Gasteiger partial charge in [-0.1, -0.05) is 6.08 Å². The van der Waals surface area contributed by atoms with Gasteiger partial charge in [-0.3, -0.25) is 4.79 Å². The number of ketones is 1. The first-order chi connectivity index (χ1) is 4.18. The molecule has 0 heterocycles. The Morgan fingerprint density at radius 1 is 1.89 bits per heavy atom. The molecule has 0 saturated heterocycles. The molecule has 0 amide bonds. The molecule has 2 heteroatoms. The lowest BCUT2D eigenvalue weighted by atomic mass is 10.1. The van der Waals surface area contributed by atoms with E-state index in [1.54, 1.807) is 6.08 Å². The van der Waals surface area contributed by atoms with Crippen molar-refractivity contribution in [3.8, 4) is 0 Å². The molecular weight excluding hydrogens is 116 g/mol. The minimum atomic E-state index is -0.789. The Morgan fingerprint density at radius 3 is 2.78 bits per heavy atom. The molecule has 0 fully saturated rings. The molecule has 0 aliphatic heterocycles. The van der Waals surface area contributed by atoms with Gasteiger partial charge in [0.05, 0.1) is 0 Å². The summed E-state index contributed by atoms with van der Waals surface area (Å²) in [5.41, 5.74) is 0. The Kier molecular flexibility index (Phi) is 3.97. The molecular formula is C7H12O2. The van der Waals surface area contributed by atoms with Gasteiger partial charge in [0.2, 0.25) is 0 Å². The first-order valence-corrected chi connectivity index (χ1v) is 2.98. The van der Waals surface area contributed by atoms with Crippen LogP contribution in [0.15, 0.2) is 12.7 Å². The van der Waals surface area contributed by atoms with Gasteiger partial charge in [-0.05, 0) is 19.8 Å². The van der Waals surface area contributed by atoms with Gasteiger partial charge in [0.25, 0.3) is 0 Å². The summed E-state index contributed by atoms with van der Waals surface area (Å²) < 4.78 is 0. The second-order valence-electron chi connectivity index (χ2n) is 1.99. The van der Waals surface area contributed by atoms with E-state index in [0.717, 1.165) is 0 Å². The minimum Gasteiger partial charge on any atom is -0.385 e. The zero-order chi connectivity index (χ0) is 7.28. The molecule has 0 aromatic heterocycles. The highest BCUT2D eigenvalue weighted by atomic mass is 16.3. The zero-order valence-corrected chi connectivity index (χ0v) is 5.63. The van der Waals surface area contributed by atoms with Crippen LogP contribution in [0.2, 0.25) is 0 Å². The second-order valence-corrected chi connectivity index (χ2v) is 1.99. The molecule has 0 bridgehead atoms. The summed E-state index contributed by atoms with van der Waals surface area (Å²) in [7, 11) is 0. The number of hydrogen-bond donors (Lipinski definition) is 1. The van der Waals surface area contributed by atoms with Crippen molar-refractivity contribution in [1.29, 1.82) is 0 Å². The summed E-state index contributed by atoms with van der Waals surface area (Å²) in [5, 5.41) is 8.86. The lowest BCUT2D eigenvalue weighted by Crippen LogP contribution is -2.15. The lowest BCUT2D eigenvalue weighted by molar-refractivity contribution is -0.125. The molecule has 0 saturated carbocycles. The Hall–Kier alpha value is -0.630. The SMILES string of the molecule is C=CCCC(O)C(C)=O. The van der Waals surface area contributed by atoms with Crippen molar-refractivity contribution < 1.29 is 9.90 Å². The van der Waals surface area contributed by atoms with Gasteiger partial charge in [-0.25, -0.2) is 0 Å². The van der Waals surface area contributed by atoms with Crippen LogP contribution in [0.3, 0.4) is 0 Å². The quantitative estimate of drug-likeness (QED) is 0.571. The van der Waals surface area contributed by atoms with Gasteiger partial charge in [-0.15, -0.1) is 6.58 Å². The number of aliphatic hydroxyl groups is 1. The predicted molar refractivity (Wildman–Crippen MR) is 36.1 cm³/mol. The van der Waals surface area contributed by atoms with Gasteiger partial charge < -0.3 is 5.11 Å². The van der Waals surface area contributed by atoms with E-state index >= 15 is 0 Å². The monoisotopic (exact) mass is 128 g/mol. The number of allylic oxidation sites excluding steroid dienone is 1. The Morgan fingerprint density at radius 2 is 2.44 bits per heavy atom.